The number of amides is 3. The number of likely N-dealkylation sites (tertiary alicyclic amines) is 1. The molecule has 1 spiro atoms. The summed E-state index contributed by atoms with van der Waals surface area (Å²) in [5.74, 6) is -1.63. The molecule has 0 aromatic carbocycles. The lowest BCUT2D eigenvalue weighted by atomic mass is 9.62. The zero-order valence-electron chi connectivity index (χ0n) is 19.7. The fourth-order valence-electron chi connectivity index (χ4n) is 6.93. The van der Waals surface area contributed by atoms with Crippen LogP contribution < -0.4 is 10.6 Å². The highest BCUT2D eigenvalue weighted by Crippen LogP contribution is 2.65. The van der Waals surface area contributed by atoms with Crippen molar-refractivity contribution < 1.29 is 24.2 Å². The van der Waals surface area contributed by atoms with Gasteiger partial charge in [-0.2, -0.15) is 0 Å². The first-order chi connectivity index (χ1) is 15.3. The molecule has 3 unspecified atom stereocenters. The van der Waals surface area contributed by atoms with Crippen LogP contribution in [0.25, 0.3) is 0 Å². The van der Waals surface area contributed by atoms with Gasteiger partial charge in [0.25, 0.3) is 0 Å². The van der Waals surface area contributed by atoms with Crippen LogP contribution in [0.2, 0.25) is 0 Å². The van der Waals surface area contributed by atoms with Crippen molar-refractivity contribution in [2.24, 2.45) is 17.8 Å². The van der Waals surface area contributed by atoms with Crippen LogP contribution >= 0.6 is 0 Å². The lowest BCUT2D eigenvalue weighted by Crippen LogP contribution is -2.57. The summed E-state index contributed by atoms with van der Waals surface area (Å²) in [4.78, 5) is 42.1. The number of aliphatic hydroxyl groups is 1. The van der Waals surface area contributed by atoms with Gasteiger partial charge in [-0.1, -0.05) is 26.2 Å². The number of ether oxygens (including phenoxy) is 1. The van der Waals surface area contributed by atoms with Gasteiger partial charge < -0.3 is 25.4 Å². The van der Waals surface area contributed by atoms with E-state index < -0.39 is 29.1 Å². The number of carbonyl (C=O) groups excluding carboxylic acids is 3. The maximum atomic E-state index is 13.8. The Morgan fingerprint density at radius 2 is 1.88 bits per heavy atom. The molecule has 3 heterocycles. The first kappa shape index (κ1) is 23.5. The standard InChI is InChI=1S/C24H39N3O5/c1-15-14-24-18(17(20(29)25-3)23(15,2)32-24)22(31)27(12-8-5-9-13-28)19(24)21(30)26-16-10-6-4-7-11-16/h15-19,28H,4-14H2,1-3H3,(H,25,29)(H,26,30)/t15?,17-,18-,19?,23+,24?/m0/s1. The van der Waals surface area contributed by atoms with E-state index in [-0.39, 0.29) is 36.3 Å². The molecule has 4 aliphatic rings. The van der Waals surface area contributed by atoms with Crippen LogP contribution in [0.1, 0.15) is 71.6 Å². The molecule has 3 saturated heterocycles. The minimum atomic E-state index is -0.960. The van der Waals surface area contributed by atoms with Gasteiger partial charge in [0.15, 0.2) is 0 Å². The number of unbranched alkanes of at least 4 members (excludes halogenated alkanes) is 2. The Morgan fingerprint density at radius 3 is 2.53 bits per heavy atom. The van der Waals surface area contributed by atoms with Gasteiger partial charge in [0.1, 0.15) is 11.6 Å². The van der Waals surface area contributed by atoms with Crippen molar-refractivity contribution in [3.63, 3.8) is 0 Å². The molecule has 3 aliphatic heterocycles. The van der Waals surface area contributed by atoms with E-state index in [0.717, 1.165) is 32.1 Å². The second-order valence-corrected chi connectivity index (χ2v) is 10.5. The Bertz CT molecular complexity index is 754. The van der Waals surface area contributed by atoms with E-state index >= 15 is 0 Å². The SMILES string of the molecule is CNC(=O)[C@@H]1[C@H]2C(=O)N(CCCCCO)C(C(=O)NC3CCCCC3)C23CC(C)[C@@]1(C)O3. The maximum absolute atomic E-state index is 13.8. The number of aliphatic hydroxyl groups excluding tert-OH is 1. The highest BCUT2D eigenvalue weighted by molar-refractivity contribution is 5.99. The minimum Gasteiger partial charge on any atom is -0.396 e. The third-order valence-electron chi connectivity index (χ3n) is 8.60. The van der Waals surface area contributed by atoms with Crippen molar-refractivity contribution in [1.82, 2.24) is 15.5 Å². The quantitative estimate of drug-likeness (QED) is 0.485. The summed E-state index contributed by atoms with van der Waals surface area (Å²) < 4.78 is 6.65. The summed E-state index contributed by atoms with van der Waals surface area (Å²) in [5.41, 5.74) is -1.72. The van der Waals surface area contributed by atoms with Crippen LogP contribution in [0, 0.1) is 17.8 Å². The average Bonchev–Trinajstić information content (AvgIpc) is 3.28. The predicted octanol–water partition coefficient (Wildman–Crippen LogP) is 1.35. The molecule has 0 aromatic heterocycles. The van der Waals surface area contributed by atoms with Crippen LogP contribution in [0.5, 0.6) is 0 Å². The first-order valence-electron chi connectivity index (χ1n) is 12.4. The monoisotopic (exact) mass is 449 g/mol. The molecule has 4 fully saturated rings. The van der Waals surface area contributed by atoms with Crippen molar-refractivity contribution in [2.75, 3.05) is 20.2 Å². The Balaban J connectivity index is 1.66. The van der Waals surface area contributed by atoms with Crippen molar-refractivity contribution in [3.05, 3.63) is 0 Å². The van der Waals surface area contributed by atoms with Gasteiger partial charge in [0, 0.05) is 26.2 Å². The fourth-order valence-corrected chi connectivity index (χ4v) is 6.93. The predicted molar refractivity (Wildman–Crippen MR) is 119 cm³/mol. The van der Waals surface area contributed by atoms with E-state index in [1.165, 1.54) is 6.42 Å². The summed E-state index contributed by atoms with van der Waals surface area (Å²) in [6.07, 6.45) is 8.11. The summed E-state index contributed by atoms with van der Waals surface area (Å²) in [6, 6.07) is -0.575. The Hall–Kier alpha value is -1.67. The lowest BCUT2D eigenvalue weighted by molar-refractivity contribution is -0.147. The molecule has 8 heteroatoms. The molecule has 1 aliphatic carbocycles. The Morgan fingerprint density at radius 1 is 1.16 bits per heavy atom. The number of carbonyl (C=O) groups is 3. The van der Waals surface area contributed by atoms with Gasteiger partial charge in [0.2, 0.25) is 17.7 Å². The average molecular weight is 450 g/mol. The molecule has 8 nitrogen and oxygen atoms in total. The van der Waals surface area contributed by atoms with Gasteiger partial charge in [-0.05, 0) is 51.4 Å². The Kier molecular flexibility index (Phi) is 6.56. The molecule has 32 heavy (non-hydrogen) atoms. The van der Waals surface area contributed by atoms with E-state index in [1.54, 1.807) is 11.9 Å². The maximum Gasteiger partial charge on any atom is 0.246 e. The third-order valence-corrected chi connectivity index (χ3v) is 8.60. The van der Waals surface area contributed by atoms with E-state index in [4.69, 9.17) is 9.84 Å². The smallest absolute Gasteiger partial charge is 0.246 e. The molecule has 180 valence electrons. The summed E-state index contributed by atoms with van der Waals surface area (Å²) in [7, 11) is 1.59. The summed E-state index contributed by atoms with van der Waals surface area (Å²) in [6.45, 7) is 4.55. The van der Waals surface area contributed by atoms with Crippen LogP contribution in [0.4, 0.5) is 0 Å². The zero-order chi connectivity index (χ0) is 23.1. The van der Waals surface area contributed by atoms with E-state index in [9.17, 15) is 14.4 Å². The number of rotatable bonds is 8. The summed E-state index contributed by atoms with van der Waals surface area (Å²) in [5, 5.41) is 15.1. The van der Waals surface area contributed by atoms with Gasteiger partial charge in [-0.3, -0.25) is 14.4 Å². The summed E-state index contributed by atoms with van der Waals surface area (Å²) >= 11 is 0. The molecular formula is C24H39N3O5. The van der Waals surface area contributed by atoms with Crippen molar-refractivity contribution in [1.29, 1.82) is 0 Å². The van der Waals surface area contributed by atoms with Crippen molar-refractivity contribution in [2.45, 2.75) is 94.9 Å². The number of hydrogen-bond acceptors (Lipinski definition) is 5. The van der Waals surface area contributed by atoms with Gasteiger partial charge in [0.05, 0.1) is 17.4 Å². The molecule has 0 radical (unpaired) electrons. The molecule has 4 rings (SSSR count). The van der Waals surface area contributed by atoms with Crippen molar-refractivity contribution >= 4 is 17.7 Å². The topological polar surface area (TPSA) is 108 Å². The zero-order valence-corrected chi connectivity index (χ0v) is 19.7. The van der Waals surface area contributed by atoms with Crippen LogP contribution in [-0.4, -0.2) is 71.2 Å². The van der Waals surface area contributed by atoms with Gasteiger partial charge in [-0.25, -0.2) is 0 Å². The highest BCUT2D eigenvalue weighted by atomic mass is 16.5. The molecule has 3 amide bonds. The van der Waals surface area contributed by atoms with Crippen LogP contribution in [0.15, 0.2) is 0 Å². The second-order valence-electron chi connectivity index (χ2n) is 10.5. The van der Waals surface area contributed by atoms with Crippen LogP contribution in [-0.2, 0) is 19.1 Å². The number of nitrogens with one attached hydrogen (secondary N) is 2. The number of nitrogens with zero attached hydrogens (tertiary/aromatic N) is 1. The molecule has 1 saturated carbocycles. The molecule has 0 aromatic rings. The second kappa shape index (κ2) is 8.93. The minimum absolute atomic E-state index is 0.0631. The molecular weight excluding hydrogens is 410 g/mol. The number of hydrogen-bond donors (Lipinski definition) is 3. The largest absolute Gasteiger partial charge is 0.396 e. The molecule has 3 N–H and O–H groups in total. The highest BCUT2D eigenvalue weighted by Gasteiger charge is 2.79. The van der Waals surface area contributed by atoms with Gasteiger partial charge >= 0.3 is 0 Å². The first-order valence-corrected chi connectivity index (χ1v) is 12.4. The van der Waals surface area contributed by atoms with Crippen LogP contribution in [0.3, 0.4) is 0 Å². The third kappa shape index (κ3) is 3.54. The number of fused-ring (bicyclic) bond motifs is 1. The molecule has 2 bridgehead atoms. The normalized spacial score (nSPS) is 38.8. The van der Waals surface area contributed by atoms with E-state index in [1.807, 2.05) is 6.92 Å². The fraction of sp³-hybridized carbons (Fsp3) is 0.875. The lowest BCUT2D eigenvalue weighted by Gasteiger charge is -2.36. The van der Waals surface area contributed by atoms with Gasteiger partial charge in [-0.15, -0.1) is 0 Å². The molecule has 6 atom stereocenters. The van der Waals surface area contributed by atoms with Crippen molar-refractivity contribution in [3.8, 4) is 0 Å². The van der Waals surface area contributed by atoms with E-state index in [2.05, 4.69) is 17.6 Å². The van der Waals surface area contributed by atoms with E-state index in [0.29, 0.717) is 25.8 Å². The Labute approximate surface area is 190 Å².